The molecular formula is C22H27N3O4S2. The summed E-state index contributed by atoms with van der Waals surface area (Å²) in [6, 6.07) is 12.1. The number of likely N-dealkylation sites (N-methyl/N-ethyl adjacent to an activating group) is 1. The Bertz CT molecular complexity index is 1160. The van der Waals surface area contributed by atoms with Crippen molar-refractivity contribution in [2.75, 3.05) is 44.9 Å². The van der Waals surface area contributed by atoms with Crippen molar-refractivity contribution in [3.8, 4) is 5.75 Å². The second-order valence-electron chi connectivity index (χ2n) is 7.44. The van der Waals surface area contributed by atoms with E-state index in [9.17, 15) is 13.2 Å². The van der Waals surface area contributed by atoms with Gasteiger partial charge in [0.15, 0.2) is 15.0 Å². The molecule has 0 aliphatic carbocycles. The number of carbonyl (C=O) groups is 1. The van der Waals surface area contributed by atoms with Crippen LogP contribution in [0.25, 0.3) is 10.2 Å². The summed E-state index contributed by atoms with van der Waals surface area (Å²) in [5.41, 5.74) is 1.99. The number of aryl methyl sites for hydroxylation is 1. The minimum atomic E-state index is -3.80. The van der Waals surface area contributed by atoms with Gasteiger partial charge in [0.25, 0.3) is 0 Å². The van der Waals surface area contributed by atoms with Crippen LogP contribution in [0.3, 0.4) is 0 Å². The molecule has 1 amide bonds. The summed E-state index contributed by atoms with van der Waals surface area (Å²) in [6.07, 6.45) is 0.909. The number of benzene rings is 2. The van der Waals surface area contributed by atoms with Gasteiger partial charge in [-0.25, -0.2) is 13.4 Å². The number of ether oxygens (including phenoxy) is 1. The van der Waals surface area contributed by atoms with Crippen molar-refractivity contribution in [3.05, 3.63) is 48.0 Å². The number of rotatable bonds is 9. The first kappa shape index (κ1) is 23.2. The average molecular weight is 462 g/mol. The minimum absolute atomic E-state index is 0.0890. The predicted octanol–water partition coefficient (Wildman–Crippen LogP) is 3.24. The zero-order valence-corrected chi connectivity index (χ0v) is 19.8. The largest absolute Gasteiger partial charge is 0.497 e. The van der Waals surface area contributed by atoms with Crippen molar-refractivity contribution in [2.24, 2.45) is 0 Å². The Labute approximate surface area is 187 Å². The number of fused-ring (bicyclic) bond motifs is 1. The molecule has 0 radical (unpaired) electrons. The lowest BCUT2D eigenvalue weighted by molar-refractivity contribution is -0.116. The number of carbonyl (C=O) groups excluding carboxylic acids is 1. The van der Waals surface area contributed by atoms with Gasteiger partial charge in [0.2, 0.25) is 5.91 Å². The van der Waals surface area contributed by atoms with Crippen molar-refractivity contribution in [1.29, 1.82) is 0 Å². The smallest absolute Gasteiger partial charge is 0.244 e. The maximum absolute atomic E-state index is 13.1. The number of hydrogen-bond acceptors (Lipinski definition) is 7. The topological polar surface area (TPSA) is 79.8 Å². The van der Waals surface area contributed by atoms with Gasteiger partial charge in [-0.3, -0.25) is 9.69 Å². The second kappa shape index (κ2) is 9.76. The lowest BCUT2D eigenvalue weighted by Crippen LogP contribution is -2.40. The molecule has 1 heterocycles. The third kappa shape index (κ3) is 5.61. The monoisotopic (exact) mass is 461 g/mol. The Hall–Kier alpha value is -2.49. The van der Waals surface area contributed by atoms with Crippen molar-refractivity contribution < 1.29 is 17.9 Å². The van der Waals surface area contributed by atoms with Gasteiger partial charge in [-0.2, -0.15) is 0 Å². The SMILES string of the molecule is CCc1ccc2nc(N(CCN(C)C)C(=O)CS(=O)(=O)c3ccc(OC)cc3)sc2c1. The Kier molecular flexibility index (Phi) is 7.30. The molecule has 0 N–H and O–H groups in total. The standard InChI is InChI=1S/C22H27N3O4S2/c1-5-16-6-11-19-20(14-16)30-22(23-19)25(13-12-24(2)3)21(26)15-31(27,28)18-9-7-17(29-4)8-10-18/h6-11,14H,5,12-13,15H2,1-4H3. The predicted molar refractivity (Wildman–Crippen MR) is 125 cm³/mol. The number of methoxy groups -OCH3 is 1. The van der Waals surface area contributed by atoms with E-state index in [1.165, 1.54) is 41.0 Å². The molecule has 2 aromatic carbocycles. The molecule has 7 nitrogen and oxygen atoms in total. The van der Waals surface area contributed by atoms with Gasteiger partial charge in [0.05, 0.1) is 22.2 Å². The molecule has 0 aliphatic heterocycles. The first-order valence-electron chi connectivity index (χ1n) is 9.95. The molecule has 9 heteroatoms. The Morgan fingerprint density at radius 3 is 2.42 bits per heavy atom. The maximum Gasteiger partial charge on any atom is 0.244 e. The van der Waals surface area contributed by atoms with E-state index in [0.717, 1.165) is 16.6 Å². The summed E-state index contributed by atoms with van der Waals surface area (Å²) in [5, 5.41) is 0.514. The molecule has 1 aromatic heterocycles. The normalized spacial score (nSPS) is 11.8. The zero-order valence-electron chi connectivity index (χ0n) is 18.2. The molecule has 0 aliphatic rings. The van der Waals surface area contributed by atoms with Crippen LogP contribution in [-0.4, -0.2) is 64.3 Å². The molecule has 0 saturated heterocycles. The third-order valence-electron chi connectivity index (χ3n) is 4.88. The lowest BCUT2D eigenvalue weighted by atomic mass is 10.2. The second-order valence-corrected chi connectivity index (χ2v) is 10.4. The highest BCUT2D eigenvalue weighted by Crippen LogP contribution is 2.30. The maximum atomic E-state index is 13.1. The summed E-state index contributed by atoms with van der Waals surface area (Å²) < 4.78 is 31.8. The molecule has 3 rings (SSSR count). The first-order chi connectivity index (χ1) is 14.7. The number of sulfone groups is 1. The van der Waals surface area contributed by atoms with Crippen molar-refractivity contribution in [3.63, 3.8) is 0 Å². The van der Waals surface area contributed by atoms with Crippen LogP contribution in [0.15, 0.2) is 47.4 Å². The van der Waals surface area contributed by atoms with Gasteiger partial charge >= 0.3 is 0 Å². The number of thiazole rings is 1. The molecule has 0 bridgehead atoms. The highest BCUT2D eigenvalue weighted by atomic mass is 32.2. The van der Waals surface area contributed by atoms with Gasteiger partial charge < -0.3 is 9.64 Å². The summed E-state index contributed by atoms with van der Waals surface area (Å²) >= 11 is 1.41. The molecule has 0 spiro atoms. The van der Waals surface area contributed by atoms with Gasteiger partial charge in [-0.05, 0) is 62.5 Å². The van der Waals surface area contributed by atoms with Crippen LogP contribution in [0.2, 0.25) is 0 Å². The van der Waals surface area contributed by atoms with Crippen LogP contribution in [-0.2, 0) is 21.1 Å². The summed E-state index contributed by atoms with van der Waals surface area (Å²) in [5.74, 6) is -0.561. The number of aromatic nitrogens is 1. The number of amides is 1. The van der Waals surface area contributed by atoms with Crippen LogP contribution in [0.4, 0.5) is 5.13 Å². The molecule has 166 valence electrons. The van der Waals surface area contributed by atoms with Crippen molar-refractivity contribution in [2.45, 2.75) is 18.2 Å². The lowest BCUT2D eigenvalue weighted by Gasteiger charge is -2.22. The van der Waals surface area contributed by atoms with E-state index < -0.39 is 21.5 Å². The number of hydrogen-bond donors (Lipinski definition) is 0. The molecule has 31 heavy (non-hydrogen) atoms. The van der Waals surface area contributed by atoms with Gasteiger partial charge in [-0.15, -0.1) is 0 Å². The summed E-state index contributed by atoms with van der Waals surface area (Å²) in [6.45, 7) is 3.02. The van der Waals surface area contributed by atoms with Crippen LogP contribution in [0.5, 0.6) is 5.75 Å². The Morgan fingerprint density at radius 2 is 1.81 bits per heavy atom. The Balaban J connectivity index is 1.89. The number of nitrogens with zero attached hydrogens (tertiary/aromatic N) is 3. The summed E-state index contributed by atoms with van der Waals surface area (Å²) in [7, 11) is 1.52. The van der Waals surface area contributed by atoms with E-state index in [2.05, 4.69) is 18.0 Å². The zero-order chi connectivity index (χ0) is 22.6. The van der Waals surface area contributed by atoms with Crippen molar-refractivity contribution in [1.82, 2.24) is 9.88 Å². The van der Waals surface area contributed by atoms with E-state index in [4.69, 9.17) is 4.74 Å². The fourth-order valence-electron chi connectivity index (χ4n) is 3.03. The molecule has 0 atom stereocenters. The molecule has 0 fully saturated rings. The number of anilines is 1. The van der Waals surface area contributed by atoms with E-state index >= 15 is 0 Å². The van der Waals surface area contributed by atoms with E-state index in [1.807, 2.05) is 31.1 Å². The molecular weight excluding hydrogens is 434 g/mol. The molecule has 3 aromatic rings. The fourth-order valence-corrected chi connectivity index (χ4v) is 5.30. The Morgan fingerprint density at radius 1 is 1.10 bits per heavy atom. The first-order valence-corrected chi connectivity index (χ1v) is 12.4. The van der Waals surface area contributed by atoms with Gasteiger partial charge in [-0.1, -0.05) is 24.3 Å². The van der Waals surface area contributed by atoms with Crippen LogP contribution >= 0.6 is 11.3 Å². The molecule has 0 saturated carbocycles. The van der Waals surface area contributed by atoms with Crippen LogP contribution in [0.1, 0.15) is 12.5 Å². The van der Waals surface area contributed by atoms with Crippen molar-refractivity contribution >= 4 is 42.4 Å². The van der Waals surface area contributed by atoms with E-state index in [0.29, 0.717) is 24.0 Å². The average Bonchev–Trinajstić information content (AvgIpc) is 3.16. The summed E-state index contributed by atoms with van der Waals surface area (Å²) in [4.78, 5) is 21.3. The minimum Gasteiger partial charge on any atom is -0.497 e. The highest BCUT2D eigenvalue weighted by Gasteiger charge is 2.26. The van der Waals surface area contributed by atoms with Crippen LogP contribution in [0, 0.1) is 0 Å². The highest BCUT2D eigenvalue weighted by molar-refractivity contribution is 7.92. The van der Waals surface area contributed by atoms with E-state index in [1.54, 1.807) is 12.1 Å². The fraction of sp³-hybridized carbons (Fsp3) is 0.364. The van der Waals surface area contributed by atoms with Crippen LogP contribution < -0.4 is 9.64 Å². The molecule has 0 unspecified atom stereocenters. The quantitative estimate of drug-likeness (QED) is 0.487. The van der Waals surface area contributed by atoms with Gasteiger partial charge in [0.1, 0.15) is 11.5 Å². The third-order valence-corrected chi connectivity index (χ3v) is 7.54. The van der Waals surface area contributed by atoms with E-state index in [-0.39, 0.29) is 4.90 Å². The van der Waals surface area contributed by atoms with Gasteiger partial charge in [0, 0.05) is 13.1 Å².